The SMILES string of the molecule is CCC(C)(N)c1nc(-c2c(F)ccc([N+](=O)[O-])c2F)no1. The normalized spacial score (nSPS) is 14.0. The number of rotatable bonds is 4. The molecule has 0 bridgehead atoms. The van der Waals surface area contributed by atoms with Crippen molar-refractivity contribution in [1.29, 1.82) is 0 Å². The van der Waals surface area contributed by atoms with E-state index < -0.39 is 39.2 Å². The molecule has 1 aromatic heterocycles. The number of benzene rings is 1. The second-order valence-corrected chi connectivity index (χ2v) is 4.71. The summed E-state index contributed by atoms with van der Waals surface area (Å²) in [5.74, 6) is -2.82. The molecule has 0 radical (unpaired) electrons. The molecular weight excluding hydrogens is 286 g/mol. The minimum Gasteiger partial charge on any atom is -0.337 e. The van der Waals surface area contributed by atoms with Gasteiger partial charge in [-0.15, -0.1) is 0 Å². The summed E-state index contributed by atoms with van der Waals surface area (Å²) in [5, 5.41) is 14.1. The summed E-state index contributed by atoms with van der Waals surface area (Å²) in [6.07, 6.45) is 0.453. The van der Waals surface area contributed by atoms with Gasteiger partial charge in [0.05, 0.1) is 10.5 Å². The minimum absolute atomic E-state index is 0.00898. The topological polar surface area (TPSA) is 108 Å². The molecule has 1 unspecified atom stereocenters. The van der Waals surface area contributed by atoms with Crippen LogP contribution >= 0.6 is 0 Å². The smallest absolute Gasteiger partial charge is 0.305 e. The van der Waals surface area contributed by atoms with Gasteiger partial charge in [0.15, 0.2) is 0 Å². The van der Waals surface area contributed by atoms with Crippen molar-refractivity contribution >= 4 is 5.69 Å². The van der Waals surface area contributed by atoms with E-state index in [1.807, 2.05) is 0 Å². The Morgan fingerprint density at radius 2 is 2.14 bits per heavy atom. The van der Waals surface area contributed by atoms with Crippen molar-refractivity contribution in [1.82, 2.24) is 10.1 Å². The van der Waals surface area contributed by atoms with Crippen molar-refractivity contribution in [3.05, 3.63) is 39.8 Å². The molecule has 0 aliphatic carbocycles. The van der Waals surface area contributed by atoms with E-state index in [2.05, 4.69) is 10.1 Å². The van der Waals surface area contributed by atoms with Crippen LogP contribution in [0.25, 0.3) is 11.4 Å². The second kappa shape index (κ2) is 5.17. The molecule has 2 aromatic rings. The Hall–Kier alpha value is -2.42. The van der Waals surface area contributed by atoms with Gasteiger partial charge >= 0.3 is 5.69 Å². The molecule has 0 fully saturated rings. The monoisotopic (exact) mass is 298 g/mol. The number of nitro benzene ring substituents is 1. The van der Waals surface area contributed by atoms with E-state index in [-0.39, 0.29) is 5.89 Å². The van der Waals surface area contributed by atoms with Crippen LogP contribution in [0.3, 0.4) is 0 Å². The highest BCUT2D eigenvalue weighted by atomic mass is 19.1. The molecule has 21 heavy (non-hydrogen) atoms. The first kappa shape index (κ1) is 15.0. The highest BCUT2D eigenvalue weighted by molar-refractivity contribution is 5.61. The van der Waals surface area contributed by atoms with Crippen molar-refractivity contribution in [3.63, 3.8) is 0 Å². The Bertz CT molecular complexity index is 700. The lowest BCUT2D eigenvalue weighted by Gasteiger charge is -2.16. The van der Waals surface area contributed by atoms with Gasteiger partial charge in [0.1, 0.15) is 11.4 Å². The highest BCUT2D eigenvalue weighted by Gasteiger charge is 2.30. The summed E-state index contributed by atoms with van der Waals surface area (Å²) in [5.41, 5.74) is 3.34. The maximum atomic E-state index is 14.0. The third-order valence-electron chi connectivity index (χ3n) is 3.14. The average Bonchev–Trinajstić information content (AvgIpc) is 2.88. The fourth-order valence-electron chi connectivity index (χ4n) is 1.60. The molecule has 0 saturated heterocycles. The van der Waals surface area contributed by atoms with Gasteiger partial charge in [-0.1, -0.05) is 12.1 Å². The Labute approximate surface area is 117 Å². The summed E-state index contributed by atoms with van der Waals surface area (Å²) >= 11 is 0. The zero-order valence-electron chi connectivity index (χ0n) is 11.3. The van der Waals surface area contributed by atoms with Gasteiger partial charge in [0.2, 0.25) is 17.5 Å². The number of aromatic nitrogens is 2. The van der Waals surface area contributed by atoms with Gasteiger partial charge < -0.3 is 10.3 Å². The molecule has 0 aliphatic heterocycles. The van der Waals surface area contributed by atoms with Crippen LogP contribution in [0.2, 0.25) is 0 Å². The van der Waals surface area contributed by atoms with Crippen LogP contribution < -0.4 is 5.73 Å². The van der Waals surface area contributed by atoms with Crippen LogP contribution in [0, 0.1) is 21.7 Å². The summed E-state index contributed by atoms with van der Waals surface area (Å²) < 4.78 is 32.7. The van der Waals surface area contributed by atoms with Crippen LogP contribution in [-0.4, -0.2) is 15.1 Å². The molecule has 1 heterocycles. The minimum atomic E-state index is -1.36. The molecule has 1 aromatic carbocycles. The quantitative estimate of drug-likeness (QED) is 0.686. The maximum absolute atomic E-state index is 14.0. The number of halogens is 2. The van der Waals surface area contributed by atoms with E-state index >= 15 is 0 Å². The Morgan fingerprint density at radius 1 is 1.48 bits per heavy atom. The first-order chi connectivity index (χ1) is 9.77. The molecule has 7 nitrogen and oxygen atoms in total. The molecule has 2 rings (SSSR count). The van der Waals surface area contributed by atoms with E-state index in [0.29, 0.717) is 6.42 Å². The van der Waals surface area contributed by atoms with Gasteiger partial charge in [0.25, 0.3) is 0 Å². The summed E-state index contributed by atoms with van der Waals surface area (Å²) in [7, 11) is 0. The molecule has 112 valence electrons. The van der Waals surface area contributed by atoms with Crippen LogP contribution in [0.15, 0.2) is 16.7 Å². The second-order valence-electron chi connectivity index (χ2n) is 4.71. The fourth-order valence-corrected chi connectivity index (χ4v) is 1.60. The third-order valence-corrected chi connectivity index (χ3v) is 3.14. The van der Waals surface area contributed by atoms with Crippen molar-refractivity contribution in [2.24, 2.45) is 5.73 Å². The predicted octanol–water partition coefficient (Wildman–Crippen LogP) is 2.51. The van der Waals surface area contributed by atoms with Crippen molar-refractivity contribution in [3.8, 4) is 11.4 Å². The zero-order chi connectivity index (χ0) is 15.8. The van der Waals surface area contributed by atoms with Gasteiger partial charge in [-0.2, -0.15) is 9.37 Å². The number of hydrogen-bond acceptors (Lipinski definition) is 6. The lowest BCUT2D eigenvalue weighted by molar-refractivity contribution is -0.387. The Morgan fingerprint density at radius 3 is 2.71 bits per heavy atom. The molecule has 1 atom stereocenters. The van der Waals surface area contributed by atoms with Gasteiger partial charge in [-0.05, 0) is 19.4 Å². The lowest BCUT2D eigenvalue weighted by Crippen LogP contribution is -2.32. The molecule has 0 spiro atoms. The molecule has 0 aliphatic rings. The first-order valence-electron chi connectivity index (χ1n) is 6.03. The maximum Gasteiger partial charge on any atom is 0.305 e. The summed E-state index contributed by atoms with van der Waals surface area (Å²) in [4.78, 5) is 13.6. The molecular formula is C12H12F2N4O3. The Balaban J connectivity index is 2.58. The van der Waals surface area contributed by atoms with E-state index in [0.717, 1.165) is 12.1 Å². The van der Waals surface area contributed by atoms with Gasteiger partial charge in [-0.25, -0.2) is 4.39 Å². The number of nitrogens with two attached hydrogens (primary N) is 1. The van der Waals surface area contributed by atoms with E-state index in [1.165, 1.54) is 0 Å². The Kier molecular flexibility index (Phi) is 3.69. The molecule has 0 amide bonds. The van der Waals surface area contributed by atoms with Crippen LogP contribution in [0.4, 0.5) is 14.5 Å². The number of nitrogens with zero attached hydrogens (tertiary/aromatic N) is 3. The molecule has 0 saturated carbocycles. The largest absolute Gasteiger partial charge is 0.337 e. The highest BCUT2D eigenvalue weighted by Crippen LogP contribution is 2.31. The molecule has 9 heteroatoms. The number of nitro groups is 1. The average molecular weight is 298 g/mol. The van der Waals surface area contributed by atoms with Gasteiger partial charge in [-0.3, -0.25) is 10.1 Å². The van der Waals surface area contributed by atoms with Crippen molar-refractivity contribution in [2.45, 2.75) is 25.8 Å². The third kappa shape index (κ3) is 2.59. The number of hydrogen-bond donors (Lipinski definition) is 1. The fraction of sp³-hybridized carbons (Fsp3) is 0.333. The van der Waals surface area contributed by atoms with E-state index in [9.17, 15) is 18.9 Å². The van der Waals surface area contributed by atoms with Gasteiger partial charge in [0, 0.05) is 6.07 Å². The predicted molar refractivity (Wildman–Crippen MR) is 68.1 cm³/mol. The van der Waals surface area contributed by atoms with Crippen molar-refractivity contribution < 1.29 is 18.2 Å². The standard InChI is InChI=1S/C12H12F2N4O3/c1-3-12(2,15)11-16-10(17-21-11)8-6(13)4-5-7(9(8)14)18(19)20/h4-5H,3,15H2,1-2H3. The lowest BCUT2D eigenvalue weighted by atomic mass is 10.0. The van der Waals surface area contributed by atoms with E-state index in [1.54, 1.807) is 13.8 Å². The van der Waals surface area contributed by atoms with Crippen LogP contribution in [-0.2, 0) is 5.54 Å². The summed E-state index contributed by atoms with van der Waals surface area (Å²) in [6.45, 7) is 3.39. The van der Waals surface area contributed by atoms with Crippen LogP contribution in [0.1, 0.15) is 26.2 Å². The van der Waals surface area contributed by atoms with E-state index in [4.69, 9.17) is 10.3 Å². The first-order valence-corrected chi connectivity index (χ1v) is 6.03. The zero-order valence-corrected chi connectivity index (χ0v) is 11.3. The molecule has 2 N–H and O–H groups in total. The van der Waals surface area contributed by atoms with Crippen LogP contribution in [0.5, 0.6) is 0 Å². The van der Waals surface area contributed by atoms with Crippen molar-refractivity contribution in [2.75, 3.05) is 0 Å². The summed E-state index contributed by atoms with van der Waals surface area (Å²) in [6, 6.07) is 1.50.